The number of rotatable bonds is 6. The van der Waals surface area contributed by atoms with E-state index in [4.69, 9.17) is 16.3 Å². The molecule has 0 saturated heterocycles. The van der Waals surface area contributed by atoms with Gasteiger partial charge in [-0.1, -0.05) is 17.7 Å². The minimum absolute atomic E-state index is 0.0301. The van der Waals surface area contributed by atoms with E-state index in [2.05, 4.69) is 9.97 Å². The largest absolute Gasteiger partial charge is 0.394 e. The molecule has 9 heteroatoms. The fourth-order valence-electron chi connectivity index (χ4n) is 2.93. The molecule has 0 radical (unpaired) electrons. The Morgan fingerprint density at radius 1 is 1.29 bits per heavy atom. The molecule has 3 N–H and O–H groups in total. The van der Waals surface area contributed by atoms with E-state index < -0.39 is 23.2 Å². The van der Waals surface area contributed by atoms with Crippen LogP contribution < -0.4 is 11.2 Å². The Morgan fingerprint density at radius 3 is 2.68 bits per heavy atom. The number of aromatic nitrogens is 2. The first-order valence-corrected chi connectivity index (χ1v) is 9.73. The van der Waals surface area contributed by atoms with Gasteiger partial charge in [0, 0.05) is 23.3 Å². The summed E-state index contributed by atoms with van der Waals surface area (Å²) in [6, 6.07) is 6.02. The molecule has 0 bridgehead atoms. The van der Waals surface area contributed by atoms with Crippen molar-refractivity contribution >= 4 is 34.3 Å². The highest BCUT2D eigenvalue weighted by Gasteiger charge is 2.19. The van der Waals surface area contributed by atoms with Crippen molar-refractivity contribution in [1.82, 2.24) is 9.97 Å². The fourth-order valence-corrected chi connectivity index (χ4v) is 4.44. The molecule has 0 aliphatic rings. The number of methoxy groups -OCH3 is 1. The Hall–Kier alpha value is -2.13. The van der Waals surface area contributed by atoms with Crippen LogP contribution in [0.1, 0.15) is 5.56 Å². The van der Waals surface area contributed by atoms with Crippen molar-refractivity contribution in [2.45, 2.75) is 17.9 Å². The van der Waals surface area contributed by atoms with E-state index in [1.807, 2.05) is 6.92 Å². The zero-order valence-electron chi connectivity index (χ0n) is 15.1. The second-order valence-electron chi connectivity index (χ2n) is 6.21. The number of thioether (sulfide) groups is 1. The SMILES string of the molecule is CO[C@H](CO)CSc1c(-c2ccc(F)c(Cl)c2)c(C)cc2c(=O)[nH]c(=O)[nH]c12. The predicted molar refractivity (Wildman–Crippen MR) is 109 cm³/mol. The van der Waals surface area contributed by atoms with Gasteiger partial charge in [0.25, 0.3) is 5.56 Å². The van der Waals surface area contributed by atoms with Crippen LogP contribution in [0.2, 0.25) is 5.02 Å². The summed E-state index contributed by atoms with van der Waals surface area (Å²) in [5, 5.41) is 9.70. The lowest BCUT2D eigenvalue weighted by molar-refractivity contribution is 0.0656. The lowest BCUT2D eigenvalue weighted by Crippen LogP contribution is -2.23. The van der Waals surface area contributed by atoms with Gasteiger partial charge in [-0.3, -0.25) is 9.78 Å². The van der Waals surface area contributed by atoms with Gasteiger partial charge in [-0.25, -0.2) is 9.18 Å². The van der Waals surface area contributed by atoms with Crippen LogP contribution in [0.5, 0.6) is 0 Å². The molecular weight excluding hydrogens is 407 g/mol. The van der Waals surface area contributed by atoms with Gasteiger partial charge >= 0.3 is 5.69 Å². The van der Waals surface area contributed by atoms with Crippen LogP contribution in [0.4, 0.5) is 4.39 Å². The summed E-state index contributed by atoms with van der Waals surface area (Å²) >= 11 is 7.29. The number of aromatic amines is 2. The van der Waals surface area contributed by atoms with Crippen LogP contribution in [-0.4, -0.2) is 40.6 Å². The van der Waals surface area contributed by atoms with Crippen molar-refractivity contribution in [3.05, 3.63) is 61.5 Å². The third kappa shape index (κ3) is 4.00. The zero-order valence-corrected chi connectivity index (χ0v) is 16.7. The second kappa shape index (κ2) is 8.48. The molecule has 0 spiro atoms. The fraction of sp³-hybridized carbons (Fsp3) is 0.263. The molecule has 3 aromatic rings. The van der Waals surface area contributed by atoms with Crippen LogP contribution in [-0.2, 0) is 4.74 Å². The van der Waals surface area contributed by atoms with Crippen LogP contribution in [0.15, 0.2) is 38.8 Å². The number of aliphatic hydroxyl groups excluding tert-OH is 1. The Balaban J connectivity index is 2.30. The Bertz CT molecular complexity index is 1140. The molecular formula is C19H18ClFN2O4S. The highest BCUT2D eigenvalue weighted by atomic mass is 35.5. The number of hydrogen-bond acceptors (Lipinski definition) is 5. The lowest BCUT2D eigenvalue weighted by Gasteiger charge is -2.18. The Labute approximate surface area is 168 Å². The Morgan fingerprint density at radius 2 is 2.04 bits per heavy atom. The van der Waals surface area contributed by atoms with Crippen LogP contribution in [0.3, 0.4) is 0 Å². The number of nitrogens with one attached hydrogen (secondary N) is 2. The van der Waals surface area contributed by atoms with Gasteiger partial charge < -0.3 is 14.8 Å². The molecule has 0 aliphatic carbocycles. The zero-order chi connectivity index (χ0) is 20.4. The quantitative estimate of drug-likeness (QED) is 0.528. The third-order valence-corrected chi connectivity index (χ3v) is 5.87. The average Bonchev–Trinajstić information content (AvgIpc) is 2.65. The van der Waals surface area contributed by atoms with Crippen molar-refractivity contribution in [1.29, 1.82) is 0 Å². The molecule has 1 atom stereocenters. The highest BCUT2D eigenvalue weighted by molar-refractivity contribution is 7.99. The number of H-pyrrole nitrogens is 2. The van der Waals surface area contributed by atoms with E-state index in [-0.39, 0.29) is 11.6 Å². The number of ether oxygens (including phenoxy) is 1. The topological polar surface area (TPSA) is 95.2 Å². The Kier molecular flexibility index (Phi) is 6.24. The van der Waals surface area contributed by atoms with Gasteiger partial charge in [0.05, 0.1) is 28.6 Å². The summed E-state index contributed by atoms with van der Waals surface area (Å²) in [5.41, 5.74) is 1.36. The molecule has 1 heterocycles. The van der Waals surface area contributed by atoms with E-state index in [1.165, 1.54) is 31.0 Å². The minimum Gasteiger partial charge on any atom is -0.394 e. The molecule has 0 amide bonds. The summed E-state index contributed by atoms with van der Waals surface area (Å²) < 4.78 is 18.9. The second-order valence-corrected chi connectivity index (χ2v) is 7.65. The highest BCUT2D eigenvalue weighted by Crippen LogP contribution is 2.39. The van der Waals surface area contributed by atoms with Crippen molar-refractivity contribution in [3.8, 4) is 11.1 Å². The van der Waals surface area contributed by atoms with E-state index in [9.17, 15) is 19.1 Å². The van der Waals surface area contributed by atoms with Crippen LogP contribution >= 0.6 is 23.4 Å². The molecule has 3 rings (SSSR count). The van der Waals surface area contributed by atoms with E-state index in [0.29, 0.717) is 32.7 Å². The minimum atomic E-state index is -0.628. The summed E-state index contributed by atoms with van der Waals surface area (Å²) in [6.45, 7) is 1.64. The van der Waals surface area contributed by atoms with Crippen LogP contribution in [0, 0.1) is 12.7 Å². The van der Waals surface area contributed by atoms with E-state index in [1.54, 1.807) is 12.1 Å². The first-order valence-electron chi connectivity index (χ1n) is 8.37. The molecule has 0 saturated carbocycles. The molecule has 2 aromatic carbocycles. The standard InChI is InChI=1S/C19H18ClFN2O4S/c1-9-5-12-16(22-19(26)23-18(12)25)17(28-8-11(7-24)27-2)15(9)10-3-4-14(21)13(20)6-10/h3-6,11,24H,7-8H2,1-2H3,(H2,22,23,25,26)/t11-/m1/s1. The van der Waals surface area contributed by atoms with Gasteiger partial charge in [-0.2, -0.15) is 0 Å². The number of hydrogen-bond donors (Lipinski definition) is 3. The predicted octanol–water partition coefficient (Wildman–Crippen LogP) is 3.08. The normalized spacial score (nSPS) is 12.5. The van der Waals surface area contributed by atoms with Crippen molar-refractivity contribution in [3.63, 3.8) is 0 Å². The van der Waals surface area contributed by atoms with E-state index in [0.717, 1.165) is 5.56 Å². The van der Waals surface area contributed by atoms with Gasteiger partial charge in [-0.05, 0) is 36.2 Å². The molecule has 28 heavy (non-hydrogen) atoms. The maximum Gasteiger partial charge on any atom is 0.326 e. The van der Waals surface area contributed by atoms with Crippen molar-refractivity contribution in [2.75, 3.05) is 19.5 Å². The maximum atomic E-state index is 13.6. The molecule has 148 valence electrons. The van der Waals surface area contributed by atoms with Gasteiger partial charge in [0.2, 0.25) is 0 Å². The first-order chi connectivity index (χ1) is 13.3. The number of aliphatic hydroxyl groups is 1. The summed E-state index contributed by atoms with van der Waals surface area (Å²) in [7, 11) is 1.49. The first kappa shape index (κ1) is 20.6. The molecule has 0 fully saturated rings. The molecule has 0 aliphatic heterocycles. The van der Waals surface area contributed by atoms with Crippen LogP contribution in [0.25, 0.3) is 22.0 Å². The third-order valence-electron chi connectivity index (χ3n) is 4.35. The number of fused-ring (bicyclic) bond motifs is 1. The average molecular weight is 425 g/mol. The summed E-state index contributed by atoms with van der Waals surface area (Å²) in [4.78, 5) is 29.7. The number of benzene rings is 2. The number of aryl methyl sites for hydroxylation is 1. The molecule has 6 nitrogen and oxygen atoms in total. The summed E-state index contributed by atoms with van der Waals surface area (Å²) in [5.74, 6) is -0.162. The van der Waals surface area contributed by atoms with Crippen molar-refractivity contribution in [2.24, 2.45) is 0 Å². The smallest absolute Gasteiger partial charge is 0.326 e. The van der Waals surface area contributed by atoms with Gasteiger partial charge in [0.15, 0.2) is 0 Å². The van der Waals surface area contributed by atoms with Gasteiger partial charge in [-0.15, -0.1) is 11.8 Å². The molecule has 1 aromatic heterocycles. The molecule has 0 unspecified atom stereocenters. The monoisotopic (exact) mass is 424 g/mol. The lowest BCUT2D eigenvalue weighted by atomic mass is 9.98. The van der Waals surface area contributed by atoms with E-state index >= 15 is 0 Å². The van der Waals surface area contributed by atoms with Crippen molar-refractivity contribution < 1.29 is 14.2 Å². The van der Waals surface area contributed by atoms with Gasteiger partial charge in [0.1, 0.15) is 5.82 Å². The maximum absolute atomic E-state index is 13.6. The summed E-state index contributed by atoms with van der Waals surface area (Å²) in [6.07, 6.45) is -0.432. The number of halogens is 2.